The highest BCUT2D eigenvalue weighted by Gasteiger charge is 2.23. The third-order valence-electron chi connectivity index (χ3n) is 2.99. The SMILES string of the molecule is CCCNc1ncnc(Nc2ccc(Cl)cc2C)c1[N+](=O)[O-]. The first-order valence-electron chi connectivity index (χ1n) is 6.79. The molecule has 1 aromatic heterocycles. The molecule has 1 aromatic carbocycles. The molecule has 0 saturated heterocycles. The Hall–Kier alpha value is -2.41. The number of benzene rings is 1. The van der Waals surface area contributed by atoms with Crippen LogP contribution in [-0.2, 0) is 0 Å². The second kappa shape index (κ2) is 7.04. The summed E-state index contributed by atoms with van der Waals surface area (Å²) in [7, 11) is 0. The van der Waals surface area contributed by atoms with E-state index in [9.17, 15) is 10.1 Å². The average molecular weight is 322 g/mol. The van der Waals surface area contributed by atoms with Crippen LogP contribution in [-0.4, -0.2) is 21.4 Å². The van der Waals surface area contributed by atoms with Crippen LogP contribution in [0.5, 0.6) is 0 Å². The Morgan fingerprint density at radius 2 is 2.05 bits per heavy atom. The van der Waals surface area contributed by atoms with Crippen molar-refractivity contribution in [2.24, 2.45) is 0 Å². The second-order valence-electron chi connectivity index (χ2n) is 4.69. The van der Waals surface area contributed by atoms with Crippen LogP contribution in [0.3, 0.4) is 0 Å². The third kappa shape index (κ3) is 3.62. The fraction of sp³-hybridized carbons (Fsp3) is 0.286. The van der Waals surface area contributed by atoms with Crippen LogP contribution >= 0.6 is 11.6 Å². The van der Waals surface area contributed by atoms with Gasteiger partial charge in [0.1, 0.15) is 6.33 Å². The van der Waals surface area contributed by atoms with E-state index >= 15 is 0 Å². The number of rotatable bonds is 6. The second-order valence-corrected chi connectivity index (χ2v) is 5.12. The van der Waals surface area contributed by atoms with E-state index in [2.05, 4.69) is 20.6 Å². The van der Waals surface area contributed by atoms with E-state index in [-0.39, 0.29) is 17.3 Å². The molecule has 2 aromatic rings. The van der Waals surface area contributed by atoms with Crippen molar-refractivity contribution in [3.63, 3.8) is 0 Å². The summed E-state index contributed by atoms with van der Waals surface area (Å²) in [5.74, 6) is 0.347. The van der Waals surface area contributed by atoms with Crippen molar-refractivity contribution in [2.75, 3.05) is 17.2 Å². The van der Waals surface area contributed by atoms with Crippen molar-refractivity contribution in [1.29, 1.82) is 0 Å². The number of nitro groups is 1. The molecule has 2 N–H and O–H groups in total. The Bertz CT molecular complexity index is 693. The van der Waals surface area contributed by atoms with E-state index in [1.54, 1.807) is 18.2 Å². The fourth-order valence-electron chi connectivity index (χ4n) is 1.91. The maximum atomic E-state index is 11.4. The van der Waals surface area contributed by atoms with Gasteiger partial charge in [0.05, 0.1) is 4.92 Å². The van der Waals surface area contributed by atoms with Gasteiger partial charge in [-0.3, -0.25) is 10.1 Å². The standard InChI is InChI=1S/C14H16ClN5O2/c1-3-6-16-13-12(20(21)22)14(18-8-17-13)19-11-5-4-10(15)7-9(11)2/h4-5,7-8H,3,6H2,1-2H3,(H2,16,17,18,19). The number of hydrogen-bond acceptors (Lipinski definition) is 6. The molecule has 0 amide bonds. The Morgan fingerprint density at radius 3 is 2.68 bits per heavy atom. The van der Waals surface area contributed by atoms with Gasteiger partial charge in [0.25, 0.3) is 0 Å². The van der Waals surface area contributed by atoms with Crippen LogP contribution in [0.25, 0.3) is 0 Å². The number of anilines is 3. The predicted molar refractivity (Wildman–Crippen MR) is 86.9 cm³/mol. The molecular formula is C14H16ClN5O2. The minimum absolute atomic E-state index is 0.143. The molecule has 8 heteroatoms. The number of aromatic nitrogens is 2. The third-order valence-corrected chi connectivity index (χ3v) is 3.22. The molecular weight excluding hydrogens is 306 g/mol. The topological polar surface area (TPSA) is 93.0 Å². The molecule has 1 heterocycles. The zero-order chi connectivity index (χ0) is 16.1. The lowest BCUT2D eigenvalue weighted by Gasteiger charge is -2.11. The summed E-state index contributed by atoms with van der Waals surface area (Å²) in [6.07, 6.45) is 2.12. The van der Waals surface area contributed by atoms with Crippen molar-refractivity contribution < 1.29 is 4.92 Å². The lowest BCUT2D eigenvalue weighted by atomic mass is 10.2. The summed E-state index contributed by atoms with van der Waals surface area (Å²) in [5.41, 5.74) is 1.39. The molecule has 0 spiro atoms. The zero-order valence-corrected chi connectivity index (χ0v) is 13.0. The van der Waals surface area contributed by atoms with E-state index < -0.39 is 4.92 Å². The summed E-state index contributed by atoms with van der Waals surface area (Å²) in [4.78, 5) is 18.8. The molecule has 0 saturated carbocycles. The first-order valence-corrected chi connectivity index (χ1v) is 7.17. The molecule has 0 aliphatic rings. The lowest BCUT2D eigenvalue weighted by Crippen LogP contribution is -2.09. The van der Waals surface area contributed by atoms with Crippen LogP contribution in [0.4, 0.5) is 23.0 Å². The Balaban J connectivity index is 2.39. The number of nitrogens with zero attached hydrogens (tertiary/aromatic N) is 3. The van der Waals surface area contributed by atoms with Crippen LogP contribution in [0, 0.1) is 17.0 Å². The summed E-state index contributed by atoms with van der Waals surface area (Å²) in [5, 5.41) is 17.9. The first-order chi connectivity index (χ1) is 10.5. The first kappa shape index (κ1) is 16.0. The summed E-state index contributed by atoms with van der Waals surface area (Å²) >= 11 is 5.91. The smallest absolute Gasteiger partial charge is 0.353 e. The largest absolute Gasteiger partial charge is 0.364 e. The van der Waals surface area contributed by atoms with Crippen molar-refractivity contribution in [2.45, 2.75) is 20.3 Å². The minimum atomic E-state index is -0.494. The number of halogens is 1. The van der Waals surface area contributed by atoms with E-state index in [0.717, 1.165) is 12.0 Å². The zero-order valence-electron chi connectivity index (χ0n) is 12.3. The Labute approximate surface area is 132 Å². The van der Waals surface area contributed by atoms with Crippen molar-refractivity contribution in [3.8, 4) is 0 Å². The van der Waals surface area contributed by atoms with Gasteiger partial charge in [-0.15, -0.1) is 0 Å². The van der Waals surface area contributed by atoms with E-state index in [0.29, 0.717) is 17.3 Å². The van der Waals surface area contributed by atoms with Gasteiger partial charge in [0.2, 0.25) is 11.6 Å². The summed E-state index contributed by atoms with van der Waals surface area (Å²) < 4.78 is 0. The van der Waals surface area contributed by atoms with Gasteiger partial charge in [-0.2, -0.15) is 0 Å². The fourth-order valence-corrected chi connectivity index (χ4v) is 2.14. The van der Waals surface area contributed by atoms with Gasteiger partial charge < -0.3 is 10.6 Å². The molecule has 0 unspecified atom stereocenters. The van der Waals surface area contributed by atoms with Crippen LogP contribution in [0.1, 0.15) is 18.9 Å². The minimum Gasteiger partial charge on any atom is -0.364 e. The van der Waals surface area contributed by atoms with Gasteiger partial charge in [-0.25, -0.2) is 9.97 Å². The summed E-state index contributed by atoms with van der Waals surface area (Å²) in [6.45, 7) is 4.42. The van der Waals surface area contributed by atoms with E-state index in [4.69, 9.17) is 11.6 Å². The maximum absolute atomic E-state index is 11.4. The monoisotopic (exact) mass is 321 g/mol. The normalized spacial score (nSPS) is 10.3. The van der Waals surface area contributed by atoms with Crippen molar-refractivity contribution in [3.05, 3.63) is 45.2 Å². The molecule has 0 atom stereocenters. The maximum Gasteiger partial charge on any atom is 0.353 e. The number of aryl methyl sites for hydroxylation is 1. The van der Waals surface area contributed by atoms with Gasteiger partial charge in [-0.1, -0.05) is 18.5 Å². The molecule has 0 fully saturated rings. The molecule has 0 aliphatic carbocycles. The van der Waals surface area contributed by atoms with Crippen LogP contribution in [0.2, 0.25) is 5.02 Å². The van der Waals surface area contributed by atoms with Crippen molar-refractivity contribution in [1.82, 2.24) is 9.97 Å². The van der Waals surface area contributed by atoms with Gasteiger partial charge >= 0.3 is 5.69 Å². The molecule has 0 radical (unpaired) electrons. The number of hydrogen-bond donors (Lipinski definition) is 2. The van der Waals surface area contributed by atoms with Crippen LogP contribution in [0.15, 0.2) is 24.5 Å². The highest BCUT2D eigenvalue weighted by atomic mass is 35.5. The molecule has 22 heavy (non-hydrogen) atoms. The quantitative estimate of drug-likeness (QED) is 0.619. The molecule has 7 nitrogen and oxygen atoms in total. The van der Waals surface area contributed by atoms with Crippen molar-refractivity contribution >= 4 is 34.6 Å². The Kier molecular flexibility index (Phi) is 5.11. The average Bonchev–Trinajstić information content (AvgIpc) is 2.47. The van der Waals surface area contributed by atoms with E-state index in [1.807, 2.05) is 13.8 Å². The highest BCUT2D eigenvalue weighted by Crippen LogP contribution is 2.32. The molecule has 116 valence electrons. The highest BCUT2D eigenvalue weighted by molar-refractivity contribution is 6.30. The predicted octanol–water partition coefficient (Wildman–Crippen LogP) is 3.91. The number of nitrogens with one attached hydrogen (secondary N) is 2. The molecule has 0 bridgehead atoms. The summed E-state index contributed by atoms with van der Waals surface area (Å²) in [6, 6.07) is 5.23. The lowest BCUT2D eigenvalue weighted by molar-refractivity contribution is -0.383. The van der Waals surface area contributed by atoms with Crippen LogP contribution < -0.4 is 10.6 Å². The van der Waals surface area contributed by atoms with Gasteiger partial charge in [0.15, 0.2) is 0 Å². The Morgan fingerprint density at radius 1 is 1.32 bits per heavy atom. The van der Waals surface area contributed by atoms with Gasteiger partial charge in [-0.05, 0) is 37.1 Å². The molecule has 0 aliphatic heterocycles. The molecule has 2 rings (SSSR count). The van der Waals surface area contributed by atoms with E-state index in [1.165, 1.54) is 6.33 Å². The van der Waals surface area contributed by atoms with Gasteiger partial charge in [0, 0.05) is 17.3 Å².